The van der Waals surface area contributed by atoms with E-state index in [-0.39, 0.29) is 11.9 Å². The second kappa shape index (κ2) is 7.40. The second-order valence-electron chi connectivity index (χ2n) is 3.70. The molecule has 0 aromatic carbocycles. The minimum atomic E-state index is -0.385. The Kier molecular flexibility index (Phi) is 6.87. The number of rotatable bonds is 5. The number of carbonyl (C=O) groups excluding carboxylic acids is 1. The molecule has 0 aromatic rings. The highest BCUT2D eigenvalue weighted by atomic mass is 16.2. The van der Waals surface area contributed by atoms with Crippen LogP contribution in [0.25, 0.3) is 0 Å². The normalized spacial score (nSPS) is 11.8. The molecule has 0 aliphatic rings. The van der Waals surface area contributed by atoms with Gasteiger partial charge in [-0.15, -0.1) is 11.8 Å². The molecule has 1 amide bonds. The number of nitrogens with two attached hydrogens (primary N) is 1. The first-order valence-corrected chi connectivity index (χ1v) is 5.00. The fourth-order valence-electron chi connectivity index (χ4n) is 1.12. The Labute approximate surface area is 86.4 Å². The van der Waals surface area contributed by atoms with Crippen LogP contribution < -0.4 is 11.1 Å². The molecule has 14 heavy (non-hydrogen) atoms. The minimum Gasteiger partial charge on any atom is -0.354 e. The van der Waals surface area contributed by atoms with Crippen molar-refractivity contribution in [2.45, 2.75) is 39.7 Å². The van der Waals surface area contributed by atoms with Crippen molar-refractivity contribution < 1.29 is 4.79 Å². The third-order valence-corrected chi connectivity index (χ3v) is 1.79. The molecule has 0 aliphatic carbocycles. The van der Waals surface area contributed by atoms with Crippen LogP contribution in [0, 0.1) is 17.8 Å². The molecule has 80 valence electrons. The van der Waals surface area contributed by atoms with Crippen molar-refractivity contribution in [3.8, 4) is 11.8 Å². The Morgan fingerprint density at radius 1 is 1.50 bits per heavy atom. The van der Waals surface area contributed by atoms with E-state index in [2.05, 4.69) is 31.0 Å². The summed E-state index contributed by atoms with van der Waals surface area (Å²) in [6.07, 6.45) is 1.42. The van der Waals surface area contributed by atoms with E-state index in [1.807, 2.05) is 0 Å². The summed E-state index contributed by atoms with van der Waals surface area (Å²) >= 11 is 0. The summed E-state index contributed by atoms with van der Waals surface area (Å²) in [5.74, 6) is 6.03. The van der Waals surface area contributed by atoms with E-state index >= 15 is 0 Å². The molecule has 0 saturated carbocycles. The number of carbonyl (C=O) groups is 1. The Morgan fingerprint density at radius 3 is 2.64 bits per heavy atom. The van der Waals surface area contributed by atoms with Crippen LogP contribution in [0.4, 0.5) is 0 Å². The standard InChI is InChI=1S/C11H20N2O/c1-4-5-6-7-13-11(14)10(12)8-9(2)3/h9-10H,6-8,12H2,1-3H3,(H,13,14)/t10-/m1/s1. The average molecular weight is 196 g/mol. The van der Waals surface area contributed by atoms with Gasteiger partial charge in [-0.1, -0.05) is 13.8 Å². The largest absolute Gasteiger partial charge is 0.354 e. The molecule has 0 saturated heterocycles. The molecule has 0 aliphatic heterocycles. The molecule has 3 N–H and O–H groups in total. The maximum absolute atomic E-state index is 11.4. The van der Waals surface area contributed by atoms with E-state index in [0.29, 0.717) is 18.9 Å². The molecular formula is C11H20N2O. The molecule has 1 atom stereocenters. The second-order valence-corrected chi connectivity index (χ2v) is 3.70. The Hall–Kier alpha value is -1.01. The SMILES string of the molecule is CC#CCCNC(=O)[C@H](N)CC(C)C. The topological polar surface area (TPSA) is 55.1 Å². The van der Waals surface area contributed by atoms with Crippen LogP contribution in [0.15, 0.2) is 0 Å². The van der Waals surface area contributed by atoms with Gasteiger partial charge in [0.2, 0.25) is 5.91 Å². The van der Waals surface area contributed by atoms with Crippen LogP contribution in [-0.2, 0) is 4.79 Å². The van der Waals surface area contributed by atoms with Crippen LogP contribution in [0.5, 0.6) is 0 Å². The van der Waals surface area contributed by atoms with Gasteiger partial charge in [-0.25, -0.2) is 0 Å². The Bertz CT molecular complexity index is 225. The van der Waals surface area contributed by atoms with Crippen LogP contribution in [0.1, 0.15) is 33.6 Å². The van der Waals surface area contributed by atoms with E-state index in [0.717, 1.165) is 6.42 Å². The molecule has 3 heteroatoms. The van der Waals surface area contributed by atoms with E-state index in [1.54, 1.807) is 6.92 Å². The van der Waals surface area contributed by atoms with Crippen molar-refractivity contribution in [3.05, 3.63) is 0 Å². The number of nitrogens with one attached hydrogen (secondary N) is 1. The van der Waals surface area contributed by atoms with Crippen molar-refractivity contribution in [1.29, 1.82) is 0 Å². The average Bonchev–Trinajstić information content (AvgIpc) is 2.11. The number of hydrogen-bond donors (Lipinski definition) is 2. The number of amides is 1. The zero-order valence-corrected chi connectivity index (χ0v) is 9.26. The first-order valence-electron chi connectivity index (χ1n) is 5.00. The lowest BCUT2D eigenvalue weighted by Gasteiger charge is -2.13. The summed E-state index contributed by atoms with van der Waals surface area (Å²) in [5.41, 5.74) is 5.68. The molecule has 0 radical (unpaired) electrons. The first-order chi connectivity index (χ1) is 6.57. The smallest absolute Gasteiger partial charge is 0.236 e. The van der Waals surface area contributed by atoms with Gasteiger partial charge in [0.15, 0.2) is 0 Å². The predicted octanol–water partition coefficient (Wildman–Crippen LogP) is 0.889. The predicted molar refractivity (Wildman–Crippen MR) is 58.5 cm³/mol. The highest BCUT2D eigenvalue weighted by molar-refractivity contribution is 5.81. The van der Waals surface area contributed by atoms with Gasteiger partial charge in [-0.05, 0) is 19.3 Å². The van der Waals surface area contributed by atoms with Crippen molar-refractivity contribution in [3.63, 3.8) is 0 Å². The van der Waals surface area contributed by atoms with Crippen molar-refractivity contribution >= 4 is 5.91 Å². The fraction of sp³-hybridized carbons (Fsp3) is 0.727. The van der Waals surface area contributed by atoms with Crippen molar-refractivity contribution in [2.24, 2.45) is 11.7 Å². The summed E-state index contributed by atoms with van der Waals surface area (Å²) < 4.78 is 0. The van der Waals surface area contributed by atoms with Gasteiger partial charge in [0, 0.05) is 13.0 Å². The van der Waals surface area contributed by atoms with E-state index in [4.69, 9.17) is 5.73 Å². The molecule has 0 heterocycles. The molecular weight excluding hydrogens is 176 g/mol. The Balaban J connectivity index is 3.65. The fourth-order valence-corrected chi connectivity index (χ4v) is 1.12. The highest BCUT2D eigenvalue weighted by Crippen LogP contribution is 2.02. The highest BCUT2D eigenvalue weighted by Gasteiger charge is 2.13. The third-order valence-electron chi connectivity index (χ3n) is 1.79. The lowest BCUT2D eigenvalue weighted by Crippen LogP contribution is -2.41. The quantitative estimate of drug-likeness (QED) is 0.507. The number of hydrogen-bond acceptors (Lipinski definition) is 2. The van der Waals surface area contributed by atoms with Gasteiger partial charge in [0.05, 0.1) is 6.04 Å². The summed E-state index contributed by atoms with van der Waals surface area (Å²) in [5, 5.41) is 2.76. The van der Waals surface area contributed by atoms with Gasteiger partial charge in [0.25, 0.3) is 0 Å². The van der Waals surface area contributed by atoms with Gasteiger partial charge >= 0.3 is 0 Å². The van der Waals surface area contributed by atoms with E-state index in [1.165, 1.54) is 0 Å². The molecule has 0 fully saturated rings. The Morgan fingerprint density at radius 2 is 2.14 bits per heavy atom. The van der Waals surface area contributed by atoms with Gasteiger partial charge in [-0.3, -0.25) is 4.79 Å². The van der Waals surface area contributed by atoms with Gasteiger partial charge in [-0.2, -0.15) is 0 Å². The molecule has 0 aromatic heterocycles. The lowest BCUT2D eigenvalue weighted by atomic mass is 10.0. The minimum absolute atomic E-state index is 0.0726. The monoisotopic (exact) mass is 196 g/mol. The zero-order chi connectivity index (χ0) is 11.0. The van der Waals surface area contributed by atoms with Crippen molar-refractivity contribution in [2.75, 3.05) is 6.54 Å². The summed E-state index contributed by atoms with van der Waals surface area (Å²) in [4.78, 5) is 11.4. The molecule has 0 rings (SSSR count). The molecule has 0 bridgehead atoms. The summed E-state index contributed by atoms with van der Waals surface area (Å²) in [6.45, 7) is 6.48. The first kappa shape index (κ1) is 13.0. The molecule has 0 spiro atoms. The van der Waals surface area contributed by atoms with E-state index < -0.39 is 0 Å². The maximum Gasteiger partial charge on any atom is 0.236 e. The lowest BCUT2D eigenvalue weighted by molar-refractivity contribution is -0.122. The summed E-state index contributed by atoms with van der Waals surface area (Å²) in [7, 11) is 0. The third kappa shape index (κ3) is 6.50. The van der Waals surface area contributed by atoms with Crippen LogP contribution >= 0.6 is 0 Å². The molecule has 3 nitrogen and oxygen atoms in total. The zero-order valence-electron chi connectivity index (χ0n) is 9.26. The van der Waals surface area contributed by atoms with Crippen LogP contribution in [0.2, 0.25) is 0 Å². The van der Waals surface area contributed by atoms with E-state index in [9.17, 15) is 4.79 Å². The van der Waals surface area contributed by atoms with Crippen molar-refractivity contribution in [1.82, 2.24) is 5.32 Å². The molecule has 0 unspecified atom stereocenters. The van der Waals surface area contributed by atoms with Crippen LogP contribution in [-0.4, -0.2) is 18.5 Å². The van der Waals surface area contributed by atoms with Gasteiger partial charge < -0.3 is 11.1 Å². The maximum atomic E-state index is 11.4. The summed E-state index contributed by atoms with van der Waals surface area (Å²) in [6, 6.07) is -0.385. The van der Waals surface area contributed by atoms with Crippen LogP contribution in [0.3, 0.4) is 0 Å². The van der Waals surface area contributed by atoms with Gasteiger partial charge in [0.1, 0.15) is 0 Å².